The smallest absolute Gasteiger partial charge is 0.252 e. The van der Waals surface area contributed by atoms with Crippen LogP contribution in [0.25, 0.3) is 0 Å². The topological polar surface area (TPSA) is 84.5 Å². The number of methoxy groups -OCH3 is 1. The molecule has 2 aliphatic heterocycles. The Kier molecular flexibility index (Phi) is 12.2. The van der Waals surface area contributed by atoms with Crippen molar-refractivity contribution in [2.24, 2.45) is 0 Å². The zero-order chi connectivity index (χ0) is 38.1. The number of ether oxygens (including phenoxy) is 6. The highest BCUT2D eigenvalue weighted by molar-refractivity contribution is 7.80. The number of fused-ring (bicyclic) bond motifs is 1. The Hall–Kier alpha value is -5.18. The highest BCUT2D eigenvalue weighted by atomic mass is 31.1. The first-order chi connectivity index (χ1) is 27.6. The Bertz CT molecular complexity index is 2100. The number of amides is 1. The van der Waals surface area contributed by atoms with Crippen molar-refractivity contribution in [1.29, 1.82) is 0 Å². The molecule has 2 fully saturated rings. The molecule has 56 heavy (non-hydrogen) atoms. The van der Waals surface area contributed by atoms with Gasteiger partial charge in [0.1, 0.15) is 30.1 Å². The number of nitrogens with one attached hydrogen (secondary N) is 1. The maximum Gasteiger partial charge on any atom is 0.252 e. The molecule has 284 valence electrons. The van der Waals surface area contributed by atoms with Crippen LogP contribution in [0, 0.1) is 0 Å². The maximum absolute atomic E-state index is 14.9. The van der Waals surface area contributed by atoms with Gasteiger partial charge in [0.05, 0.1) is 26.9 Å². The monoisotopic (exact) mass is 765 g/mol. The van der Waals surface area contributed by atoms with Gasteiger partial charge in [-0.3, -0.25) is 4.79 Å². The first kappa shape index (κ1) is 37.7. The Labute approximate surface area is 329 Å². The van der Waals surface area contributed by atoms with Crippen molar-refractivity contribution < 1.29 is 33.2 Å². The molecule has 0 bridgehead atoms. The van der Waals surface area contributed by atoms with Crippen molar-refractivity contribution in [3.8, 4) is 5.75 Å². The van der Waals surface area contributed by atoms with Gasteiger partial charge >= 0.3 is 0 Å². The van der Waals surface area contributed by atoms with Crippen molar-refractivity contribution in [2.75, 3.05) is 13.7 Å². The van der Waals surface area contributed by atoms with Crippen LogP contribution in [0.2, 0.25) is 0 Å². The average Bonchev–Trinajstić information content (AvgIpc) is 3.27. The molecule has 0 saturated carbocycles. The second kappa shape index (κ2) is 18.2. The van der Waals surface area contributed by atoms with Crippen LogP contribution in [-0.4, -0.2) is 50.3 Å². The van der Waals surface area contributed by atoms with E-state index in [4.69, 9.17) is 28.4 Å². The Morgan fingerprint density at radius 2 is 1.21 bits per heavy atom. The highest BCUT2D eigenvalue weighted by Crippen LogP contribution is 2.38. The molecule has 8 nitrogen and oxygen atoms in total. The zero-order valence-electron chi connectivity index (χ0n) is 31.1. The summed E-state index contributed by atoms with van der Waals surface area (Å²) in [6.07, 6.45) is -3.39. The molecule has 0 radical (unpaired) electrons. The number of carbonyl (C=O) groups is 1. The highest BCUT2D eigenvalue weighted by Gasteiger charge is 2.52. The summed E-state index contributed by atoms with van der Waals surface area (Å²) in [5.41, 5.74) is 3.37. The molecule has 1 amide bonds. The van der Waals surface area contributed by atoms with Crippen LogP contribution in [0.3, 0.4) is 0 Å². The molecule has 0 unspecified atom stereocenters. The molecule has 0 spiro atoms. The normalized spacial score (nSPS) is 21.9. The van der Waals surface area contributed by atoms with Crippen LogP contribution in [0.4, 0.5) is 0 Å². The maximum atomic E-state index is 14.9. The number of rotatable bonds is 13. The summed E-state index contributed by atoms with van der Waals surface area (Å²) in [7, 11) is 0.562. The fourth-order valence-corrected chi connectivity index (χ4v) is 9.63. The summed E-state index contributed by atoms with van der Waals surface area (Å²) in [6, 6.07) is 55.3. The average molecular weight is 766 g/mol. The van der Waals surface area contributed by atoms with Gasteiger partial charge in [-0.2, -0.15) is 0 Å². The summed E-state index contributed by atoms with van der Waals surface area (Å²) >= 11 is 0. The minimum Gasteiger partial charge on any atom is -0.497 e. The van der Waals surface area contributed by atoms with Gasteiger partial charge in [0.15, 0.2) is 12.6 Å². The standard InChI is InChI=1S/C47H44NO7P/c1-50-36-28-26-35(27-29-36)46-53-32-40-43(55-46)44(51-30-33-16-6-2-7-17-33)42(47(54-40)52-31-34-18-8-3-9-19-34)48-45(49)39-24-14-15-25-41(39)56(37-20-10-4-11-21-37)38-22-12-5-13-23-38/h2-29,40,42-44,46-47H,30-32H2,1H3,(H,48,49)/t40-,42-,43-,44-,46-,47+/m1/s1. The molecule has 9 heteroatoms. The van der Waals surface area contributed by atoms with Gasteiger partial charge in [0.25, 0.3) is 5.91 Å². The minimum atomic E-state index is -1.07. The van der Waals surface area contributed by atoms with E-state index in [1.54, 1.807) is 7.11 Å². The SMILES string of the molecule is COc1ccc([C@@H]2OC[C@H]3O[C@H](OCc4ccccc4)[C@H](NC(=O)c4ccccc4P(c4ccccc4)c4ccccc4)[C@@H](OCc4ccccc4)[C@@H]3O2)cc1. The molecule has 6 aromatic rings. The van der Waals surface area contributed by atoms with E-state index in [1.807, 2.05) is 140 Å². The second-order valence-corrected chi connectivity index (χ2v) is 15.8. The van der Waals surface area contributed by atoms with Crippen molar-refractivity contribution in [3.05, 3.63) is 192 Å². The van der Waals surface area contributed by atoms with Crippen molar-refractivity contribution in [1.82, 2.24) is 5.32 Å². The Balaban J connectivity index is 1.15. The van der Waals surface area contributed by atoms with Gasteiger partial charge in [0, 0.05) is 11.1 Å². The lowest BCUT2D eigenvalue weighted by molar-refractivity contribution is -0.350. The quantitative estimate of drug-likeness (QED) is 0.125. The molecule has 6 atom stereocenters. The van der Waals surface area contributed by atoms with Crippen molar-refractivity contribution >= 4 is 29.7 Å². The van der Waals surface area contributed by atoms with E-state index in [-0.39, 0.29) is 25.7 Å². The molecule has 0 aliphatic carbocycles. The number of benzene rings is 6. The number of hydrogen-bond acceptors (Lipinski definition) is 7. The third kappa shape index (κ3) is 8.77. The van der Waals surface area contributed by atoms with Gasteiger partial charge < -0.3 is 33.7 Å². The van der Waals surface area contributed by atoms with Gasteiger partial charge in [-0.05, 0) is 53.2 Å². The molecular weight excluding hydrogens is 721 g/mol. The molecule has 1 N–H and O–H groups in total. The molecule has 6 aromatic carbocycles. The van der Waals surface area contributed by atoms with Crippen LogP contribution in [-0.2, 0) is 36.9 Å². The van der Waals surface area contributed by atoms with Crippen LogP contribution >= 0.6 is 7.92 Å². The largest absolute Gasteiger partial charge is 0.497 e. The van der Waals surface area contributed by atoms with Crippen molar-refractivity contribution in [3.63, 3.8) is 0 Å². The molecular formula is C47H44NO7P. The lowest BCUT2D eigenvalue weighted by Crippen LogP contribution is -2.67. The van der Waals surface area contributed by atoms with Gasteiger partial charge in [0.2, 0.25) is 0 Å². The summed E-state index contributed by atoms with van der Waals surface area (Å²) in [5, 5.41) is 6.60. The van der Waals surface area contributed by atoms with Crippen LogP contribution in [0.5, 0.6) is 5.75 Å². The summed E-state index contributed by atoms with van der Waals surface area (Å²) < 4.78 is 38.5. The summed E-state index contributed by atoms with van der Waals surface area (Å²) in [6.45, 7) is 0.786. The van der Waals surface area contributed by atoms with Gasteiger partial charge in [-0.1, -0.05) is 152 Å². The second-order valence-electron chi connectivity index (χ2n) is 13.7. The fourth-order valence-electron chi connectivity index (χ4n) is 7.19. The van der Waals surface area contributed by atoms with Gasteiger partial charge in [-0.25, -0.2) is 0 Å². The zero-order valence-corrected chi connectivity index (χ0v) is 32.0. The van der Waals surface area contributed by atoms with Crippen LogP contribution < -0.4 is 26.0 Å². The van der Waals surface area contributed by atoms with E-state index in [0.29, 0.717) is 5.56 Å². The molecule has 8 rings (SSSR count). The number of hydrogen-bond donors (Lipinski definition) is 1. The lowest BCUT2D eigenvalue weighted by Gasteiger charge is -2.49. The molecule has 2 heterocycles. The molecule has 0 aromatic heterocycles. The summed E-state index contributed by atoms with van der Waals surface area (Å²) in [5.74, 6) is 0.476. The first-order valence-corrected chi connectivity index (χ1v) is 20.2. The van der Waals surface area contributed by atoms with E-state index >= 15 is 0 Å². The van der Waals surface area contributed by atoms with E-state index in [9.17, 15) is 4.79 Å². The fraction of sp³-hybridized carbons (Fsp3) is 0.213. The van der Waals surface area contributed by atoms with Crippen LogP contribution in [0.1, 0.15) is 33.3 Å². The third-order valence-electron chi connectivity index (χ3n) is 9.99. The minimum absolute atomic E-state index is 0.236. The first-order valence-electron chi connectivity index (χ1n) is 18.8. The van der Waals surface area contributed by atoms with Gasteiger partial charge in [-0.15, -0.1) is 0 Å². The van der Waals surface area contributed by atoms with E-state index in [1.165, 1.54) is 0 Å². The predicted octanol–water partition coefficient (Wildman–Crippen LogP) is 7.19. The van der Waals surface area contributed by atoms with E-state index < -0.39 is 44.9 Å². The molecule has 2 aliphatic rings. The molecule has 2 saturated heterocycles. The lowest BCUT2D eigenvalue weighted by atomic mass is 9.94. The number of carbonyl (C=O) groups excluding carboxylic acids is 1. The summed E-state index contributed by atoms with van der Waals surface area (Å²) in [4.78, 5) is 14.9. The van der Waals surface area contributed by atoms with E-state index in [2.05, 4.69) is 35.6 Å². The third-order valence-corrected chi connectivity index (χ3v) is 12.5. The van der Waals surface area contributed by atoms with E-state index in [0.717, 1.165) is 38.4 Å². The van der Waals surface area contributed by atoms with Crippen molar-refractivity contribution in [2.45, 2.75) is 50.1 Å². The van der Waals surface area contributed by atoms with Crippen LogP contribution in [0.15, 0.2) is 170 Å². The Morgan fingerprint density at radius 1 is 0.661 bits per heavy atom. The Morgan fingerprint density at radius 3 is 1.82 bits per heavy atom. The predicted molar refractivity (Wildman–Crippen MR) is 218 cm³/mol.